The zero-order chi connectivity index (χ0) is 18.7. The minimum atomic E-state index is -1.66. The molecule has 1 aromatic heterocycles. The number of hydrogen-bond acceptors (Lipinski definition) is 4. The third-order valence-corrected chi connectivity index (χ3v) is 3.66. The monoisotopic (exact) mass is 358 g/mol. The van der Waals surface area contributed by atoms with E-state index < -0.39 is 29.0 Å². The van der Waals surface area contributed by atoms with Crippen molar-refractivity contribution in [3.63, 3.8) is 0 Å². The molecule has 1 heterocycles. The molecule has 0 spiro atoms. The third-order valence-electron chi connectivity index (χ3n) is 3.66. The van der Waals surface area contributed by atoms with Gasteiger partial charge in [-0.1, -0.05) is 18.2 Å². The Bertz CT molecular complexity index is 950. The first kappa shape index (κ1) is 17.4. The number of para-hydroxylation sites is 1. The molecule has 26 heavy (non-hydrogen) atoms. The number of rotatable bonds is 4. The van der Waals surface area contributed by atoms with Crippen LogP contribution in [0.2, 0.25) is 0 Å². The summed E-state index contributed by atoms with van der Waals surface area (Å²) in [6.07, 6.45) is 1.19. The molecule has 1 N–H and O–H groups in total. The van der Waals surface area contributed by atoms with Gasteiger partial charge in [0.15, 0.2) is 17.5 Å². The zero-order valence-electron chi connectivity index (χ0n) is 13.6. The van der Waals surface area contributed by atoms with Crippen molar-refractivity contribution in [3.05, 3.63) is 78.0 Å². The van der Waals surface area contributed by atoms with E-state index >= 15 is 0 Å². The summed E-state index contributed by atoms with van der Waals surface area (Å²) in [6.45, 7) is 0. The van der Waals surface area contributed by atoms with Crippen molar-refractivity contribution in [3.8, 4) is 0 Å². The maximum Gasteiger partial charge on any atom is 0.274 e. The molecule has 0 aliphatic rings. The smallest absolute Gasteiger partial charge is 0.274 e. The quantitative estimate of drug-likeness (QED) is 0.719. The van der Waals surface area contributed by atoms with Crippen molar-refractivity contribution in [1.82, 2.24) is 9.97 Å². The fourth-order valence-corrected chi connectivity index (χ4v) is 2.25. The highest BCUT2D eigenvalue weighted by molar-refractivity contribution is 6.03. The van der Waals surface area contributed by atoms with Gasteiger partial charge < -0.3 is 10.2 Å². The number of carbonyl (C=O) groups excluding carboxylic acids is 1. The molecule has 132 valence electrons. The van der Waals surface area contributed by atoms with Gasteiger partial charge in [-0.25, -0.2) is 23.1 Å². The van der Waals surface area contributed by atoms with Crippen LogP contribution in [-0.2, 0) is 0 Å². The Morgan fingerprint density at radius 1 is 1.00 bits per heavy atom. The van der Waals surface area contributed by atoms with Crippen LogP contribution in [0.15, 0.2) is 54.9 Å². The van der Waals surface area contributed by atoms with Gasteiger partial charge in [0.05, 0.1) is 5.69 Å². The summed E-state index contributed by atoms with van der Waals surface area (Å²) in [7, 11) is 1.76. The van der Waals surface area contributed by atoms with Crippen molar-refractivity contribution in [1.29, 1.82) is 0 Å². The first-order valence-corrected chi connectivity index (χ1v) is 7.53. The van der Waals surface area contributed by atoms with E-state index in [2.05, 4.69) is 15.3 Å². The van der Waals surface area contributed by atoms with E-state index in [0.29, 0.717) is 5.82 Å². The van der Waals surface area contributed by atoms with Crippen molar-refractivity contribution in [2.75, 3.05) is 17.3 Å². The number of amides is 1. The van der Waals surface area contributed by atoms with Gasteiger partial charge in [-0.3, -0.25) is 4.79 Å². The number of benzene rings is 2. The SMILES string of the molecule is CN(c1ccccc1)c1cc(C(=O)Nc2ccc(F)c(F)c2F)ncn1. The second kappa shape index (κ2) is 7.22. The van der Waals surface area contributed by atoms with Crippen molar-refractivity contribution < 1.29 is 18.0 Å². The molecule has 1 amide bonds. The van der Waals surface area contributed by atoms with Crippen LogP contribution < -0.4 is 10.2 Å². The van der Waals surface area contributed by atoms with Crippen LogP contribution in [0.5, 0.6) is 0 Å². The van der Waals surface area contributed by atoms with Crippen LogP contribution in [0.1, 0.15) is 10.5 Å². The molecule has 0 aliphatic carbocycles. The van der Waals surface area contributed by atoms with Crippen LogP contribution in [-0.4, -0.2) is 22.9 Å². The summed E-state index contributed by atoms with van der Waals surface area (Å²) in [6, 6.07) is 12.4. The Balaban J connectivity index is 1.84. The van der Waals surface area contributed by atoms with Crippen LogP contribution in [0.25, 0.3) is 0 Å². The van der Waals surface area contributed by atoms with Gasteiger partial charge in [0, 0.05) is 18.8 Å². The standard InChI is InChI=1S/C18H13F3N4O/c1-25(11-5-3-2-4-6-11)15-9-14(22-10-23-15)18(26)24-13-8-7-12(19)16(20)17(13)21/h2-10H,1H3,(H,24,26). The maximum absolute atomic E-state index is 13.7. The van der Waals surface area contributed by atoms with Gasteiger partial charge in [0.25, 0.3) is 5.91 Å². The van der Waals surface area contributed by atoms with E-state index in [-0.39, 0.29) is 5.69 Å². The van der Waals surface area contributed by atoms with Gasteiger partial charge in [-0.15, -0.1) is 0 Å². The highest BCUT2D eigenvalue weighted by Crippen LogP contribution is 2.23. The first-order chi connectivity index (χ1) is 12.5. The van der Waals surface area contributed by atoms with Gasteiger partial charge in [-0.05, 0) is 24.3 Å². The van der Waals surface area contributed by atoms with Crippen molar-refractivity contribution >= 4 is 23.1 Å². The first-order valence-electron chi connectivity index (χ1n) is 7.53. The molecule has 0 fully saturated rings. The topological polar surface area (TPSA) is 58.1 Å². The third kappa shape index (κ3) is 3.49. The lowest BCUT2D eigenvalue weighted by atomic mass is 10.2. The molecular weight excluding hydrogens is 345 g/mol. The van der Waals surface area contributed by atoms with Crippen LogP contribution in [0.3, 0.4) is 0 Å². The van der Waals surface area contributed by atoms with E-state index in [4.69, 9.17) is 0 Å². The number of hydrogen-bond donors (Lipinski definition) is 1. The predicted molar refractivity (Wildman–Crippen MR) is 90.8 cm³/mol. The molecule has 0 aliphatic heterocycles. The van der Waals surface area contributed by atoms with Crippen molar-refractivity contribution in [2.45, 2.75) is 0 Å². The highest BCUT2D eigenvalue weighted by atomic mass is 19.2. The second-order valence-corrected chi connectivity index (χ2v) is 5.33. The Labute approximate surface area is 147 Å². The predicted octanol–water partition coefficient (Wildman–Crippen LogP) is 3.91. The number of anilines is 3. The molecule has 8 heteroatoms. The van der Waals surface area contributed by atoms with Crippen LogP contribution in [0, 0.1) is 17.5 Å². The largest absolute Gasteiger partial charge is 0.329 e. The lowest BCUT2D eigenvalue weighted by molar-refractivity contribution is 0.102. The molecule has 0 saturated heterocycles. The molecule has 3 aromatic rings. The summed E-state index contributed by atoms with van der Waals surface area (Å²) >= 11 is 0. The Hall–Kier alpha value is -3.42. The maximum atomic E-state index is 13.7. The van der Waals surface area contributed by atoms with Crippen LogP contribution >= 0.6 is 0 Å². The molecule has 5 nitrogen and oxygen atoms in total. The van der Waals surface area contributed by atoms with E-state index in [9.17, 15) is 18.0 Å². The van der Waals surface area contributed by atoms with Crippen LogP contribution in [0.4, 0.5) is 30.4 Å². The van der Waals surface area contributed by atoms with Gasteiger partial charge >= 0.3 is 0 Å². The number of carbonyl (C=O) groups is 1. The molecule has 2 aromatic carbocycles. The second-order valence-electron chi connectivity index (χ2n) is 5.33. The van der Waals surface area contributed by atoms with E-state index in [1.807, 2.05) is 30.3 Å². The highest BCUT2D eigenvalue weighted by Gasteiger charge is 2.17. The average molecular weight is 358 g/mol. The Morgan fingerprint density at radius 2 is 1.73 bits per heavy atom. The van der Waals surface area contributed by atoms with Gasteiger partial charge in [0.1, 0.15) is 17.8 Å². The van der Waals surface area contributed by atoms with Crippen molar-refractivity contribution in [2.24, 2.45) is 0 Å². The molecule has 3 rings (SSSR count). The Morgan fingerprint density at radius 3 is 2.46 bits per heavy atom. The van der Waals surface area contributed by atoms with E-state index in [1.54, 1.807) is 11.9 Å². The molecule has 0 bridgehead atoms. The molecule has 0 saturated carbocycles. The average Bonchev–Trinajstić information content (AvgIpc) is 2.68. The molecular formula is C18H13F3N4O. The van der Waals surface area contributed by atoms with E-state index in [1.165, 1.54) is 12.4 Å². The van der Waals surface area contributed by atoms with Gasteiger partial charge in [0.2, 0.25) is 0 Å². The summed E-state index contributed by atoms with van der Waals surface area (Å²) in [5.41, 5.74) is 0.302. The molecule has 0 unspecified atom stereocenters. The fourth-order valence-electron chi connectivity index (χ4n) is 2.25. The minimum Gasteiger partial charge on any atom is -0.329 e. The summed E-state index contributed by atoms with van der Waals surface area (Å²) < 4.78 is 39.9. The number of halogens is 3. The lowest BCUT2D eigenvalue weighted by Gasteiger charge is -2.18. The number of nitrogens with zero attached hydrogens (tertiary/aromatic N) is 3. The Kier molecular flexibility index (Phi) is 4.83. The normalized spacial score (nSPS) is 10.5. The number of aromatic nitrogens is 2. The summed E-state index contributed by atoms with van der Waals surface area (Å²) in [5, 5.41) is 2.17. The minimum absolute atomic E-state index is 0.0538. The molecule has 0 atom stereocenters. The fraction of sp³-hybridized carbons (Fsp3) is 0.0556. The zero-order valence-corrected chi connectivity index (χ0v) is 13.6. The summed E-state index contributed by atoms with van der Waals surface area (Å²) in [5.74, 6) is -4.82. The van der Waals surface area contributed by atoms with E-state index in [0.717, 1.165) is 17.8 Å². The van der Waals surface area contributed by atoms with Gasteiger partial charge in [-0.2, -0.15) is 0 Å². The lowest BCUT2D eigenvalue weighted by Crippen LogP contribution is -2.18. The molecule has 0 radical (unpaired) electrons. The summed E-state index contributed by atoms with van der Waals surface area (Å²) in [4.78, 5) is 21.9. The number of nitrogens with one attached hydrogen (secondary N) is 1.